The maximum Gasteiger partial charge on any atom is 0.254 e. The van der Waals surface area contributed by atoms with Crippen molar-refractivity contribution in [2.75, 3.05) is 52.9 Å². The van der Waals surface area contributed by atoms with Gasteiger partial charge in [-0.1, -0.05) is 6.92 Å². The number of carbonyl (C=O) groups excluding carboxylic acids is 1. The standard InChI is InChI=1S/C19H35N3O2/c1-16-5-12-21(13-6-16)14-17-4-3-11-22(15-17)18(23)19(24-2)7-9-20-10-8-19/h16-17,20H,3-15H2,1-2H3. The Hall–Kier alpha value is -0.650. The summed E-state index contributed by atoms with van der Waals surface area (Å²) < 4.78 is 5.75. The van der Waals surface area contributed by atoms with Crippen LogP contribution in [0.2, 0.25) is 0 Å². The van der Waals surface area contributed by atoms with E-state index in [9.17, 15) is 4.79 Å². The number of methoxy groups -OCH3 is 1. The van der Waals surface area contributed by atoms with Gasteiger partial charge >= 0.3 is 0 Å². The molecule has 138 valence electrons. The van der Waals surface area contributed by atoms with E-state index in [2.05, 4.69) is 22.0 Å². The summed E-state index contributed by atoms with van der Waals surface area (Å²) in [5, 5.41) is 3.34. The van der Waals surface area contributed by atoms with Gasteiger partial charge in [-0.2, -0.15) is 0 Å². The summed E-state index contributed by atoms with van der Waals surface area (Å²) in [6, 6.07) is 0. The van der Waals surface area contributed by atoms with Gasteiger partial charge in [0, 0.05) is 26.7 Å². The van der Waals surface area contributed by atoms with Crippen LogP contribution in [0.1, 0.15) is 45.4 Å². The van der Waals surface area contributed by atoms with E-state index >= 15 is 0 Å². The third kappa shape index (κ3) is 4.12. The Kier molecular flexibility index (Phi) is 6.17. The molecule has 3 aliphatic rings. The van der Waals surface area contributed by atoms with Crippen molar-refractivity contribution in [3.63, 3.8) is 0 Å². The maximum absolute atomic E-state index is 13.1. The molecule has 24 heavy (non-hydrogen) atoms. The highest BCUT2D eigenvalue weighted by Gasteiger charge is 2.43. The fourth-order valence-corrected chi connectivity index (χ4v) is 4.63. The van der Waals surface area contributed by atoms with E-state index in [1.807, 2.05) is 0 Å². The third-order valence-corrected chi connectivity index (χ3v) is 6.39. The zero-order chi connectivity index (χ0) is 17.0. The van der Waals surface area contributed by atoms with E-state index in [0.29, 0.717) is 5.92 Å². The van der Waals surface area contributed by atoms with E-state index in [4.69, 9.17) is 4.74 Å². The Bertz CT molecular complexity index is 415. The van der Waals surface area contributed by atoms with Crippen LogP contribution in [0.4, 0.5) is 0 Å². The fraction of sp³-hybridized carbons (Fsp3) is 0.947. The predicted molar refractivity (Wildman–Crippen MR) is 96.0 cm³/mol. The number of piperidine rings is 3. The highest BCUT2D eigenvalue weighted by atomic mass is 16.5. The minimum absolute atomic E-state index is 0.239. The molecule has 3 heterocycles. The number of likely N-dealkylation sites (tertiary alicyclic amines) is 2. The van der Waals surface area contributed by atoms with Crippen molar-refractivity contribution in [3.8, 4) is 0 Å². The van der Waals surface area contributed by atoms with Gasteiger partial charge in [-0.3, -0.25) is 4.79 Å². The minimum atomic E-state index is -0.576. The summed E-state index contributed by atoms with van der Waals surface area (Å²) in [6.07, 6.45) is 6.65. The Morgan fingerprint density at radius 2 is 1.88 bits per heavy atom. The van der Waals surface area contributed by atoms with E-state index in [0.717, 1.165) is 57.9 Å². The first kappa shape index (κ1) is 18.2. The number of carbonyl (C=O) groups is 1. The van der Waals surface area contributed by atoms with Crippen LogP contribution in [0.15, 0.2) is 0 Å². The molecule has 5 nitrogen and oxygen atoms in total. The Morgan fingerprint density at radius 3 is 2.54 bits per heavy atom. The molecule has 3 saturated heterocycles. The number of nitrogens with zero attached hydrogens (tertiary/aromatic N) is 2. The largest absolute Gasteiger partial charge is 0.368 e. The highest BCUT2D eigenvalue weighted by molar-refractivity contribution is 5.85. The van der Waals surface area contributed by atoms with E-state index in [-0.39, 0.29) is 5.91 Å². The Balaban J connectivity index is 1.55. The molecule has 0 aromatic heterocycles. The lowest BCUT2D eigenvalue weighted by atomic mass is 9.88. The molecule has 1 unspecified atom stereocenters. The lowest BCUT2D eigenvalue weighted by molar-refractivity contribution is -0.160. The summed E-state index contributed by atoms with van der Waals surface area (Å²) in [5.41, 5.74) is -0.576. The van der Waals surface area contributed by atoms with Gasteiger partial charge in [-0.25, -0.2) is 0 Å². The van der Waals surface area contributed by atoms with Crippen LogP contribution in [0.3, 0.4) is 0 Å². The van der Waals surface area contributed by atoms with Crippen LogP contribution in [-0.4, -0.2) is 74.2 Å². The number of hydrogen-bond acceptors (Lipinski definition) is 4. The van der Waals surface area contributed by atoms with Crippen LogP contribution < -0.4 is 5.32 Å². The molecule has 0 aromatic rings. The first-order chi connectivity index (χ1) is 11.6. The SMILES string of the molecule is COC1(C(=O)N2CCCC(CN3CCC(C)CC3)C2)CCNCC1. The van der Waals surface area contributed by atoms with Crippen molar-refractivity contribution in [2.45, 2.75) is 51.0 Å². The minimum Gasteiger partial charge on any atom is -0.368 e. The number of rotatable bonds is 4. The van der Waals surface area contributed by atoms with E-state index in [1.54, 1.807) is 7.11 Å². The lowest BCUT2D eigenvalue weighted by Crippen LogP contribution is -2.57. The quantitative estimate of drug-likeness (QED) is 0.848. The molecule has 0 spiro atoms. The molecule has 5 heteroatoms. The molecule has 0 aromatic carbocycles. The number of ether oxygens (including phenoxy) is 1. The van der Waals surface area contributed by atoms with E-state index in [1.165, 1.54) is 32.4 Å². The van der Waals surface area contributed by atoms with Crippen LogP contribution in [0.25, 0.3) is 0 Å². The van der Waals surface area contributed by atoms with Crippen molar-refractivity contribution in [1.29, 1.82) is 0 Å². The zero-order valence-corrected chi connectivity index (χ0v) is 15.6. The zero-order valence-electron chi connectivity index (χ0n) is 15.6. The van der Waals surface area contributed by atoms with Gasteiger partial charge < -0.3 is 19.9 Å². The first-order valence-corrected chi connectivity index (χ1v) is 9.90. The average molecular weight is 338 g/mol. The topological polar surface area (TPSA) is 44.8 Å². The molecule has 1 amide bonds. The maximum atomic E-state index is 13.1. The van der Waals surface area contributed by atoms with Gasteiger partial charge in [-0.05, 0) is 76.5 Å². The summed E-state index contributed by atoms with van der Waals surface area (Å²) in [7, 11) is 1.71. The monoisotopic (exact) mass is 337 g/mol. The Morgan fingerprint density at radius 1 is 1.17 bits per heavy atom. The molecule has 1 N–H and O–H groups in total. The van der Waals surface area contributed by atoms with E-state index < -0.39 is 5.60 Å². The molecule has 0 aliphatic carbocycles. The van der Waals surface area contributed by atoms with Crippen LogP contribution in [0.5, 0.6) is 0 Å². The number of hydrogen-bond donors (Lipinski definition) is 1. The van der Waals surface area contributed by atoms with Crippen molar-refractivity contribution < 1.29 is 9.53 Å². The molecule has 3 aliphatic heterocycles. The van der Waals surface area contributed by atoms with Crippen LogP contribution in [0, 0.1) is 11.8 Å². The normalized spacial score (nSPS) is 29.6. The average Bonchev–Trinajstić information content (AvgIpc) is 2.64. The molecular formula is C19H35N3O2. The van der Waals surface area contributed by atoms with Gasteiger partial charge in [0.1, 0.15) is 5.60 Å². The second kappa shape index (κ2) is 8.15. The first-order valence-electron chi connectivity index (χ1n) is 9.90. The molecule has 0 bridgehead atoms. The van der Waals surface area contributed by atoms with Gasteiger partial charge in [0.15, 0.2) is 0 Å². The third-order valence-electron chi connectivity index (χ3n) is 6.39. The van der Waals surface area contributed by atoms with Crippen molar-refractivity contribution in [1.82, 2.24) is 15.1 Å². The number of amides is 1. The molecular weight excluding hydrogens is 302 g/mol. The van der Waals surface area contributed by atoms with Gasteiger partial charge in [0.05, 0.1) is 0 Å². The van der Waals surface area contributed by atoms with Crippen molar-refractivity contribution >= 4 is 5.91 Å². The van der Waals surface area contributed by atoms with Crippen molar-refractivity contribution in [2.24, 2.45) is 11.8 Å². The summed E-state index contributed by atoms with van der Waals surface area (Å²) in [4.78, 5) is 17.9. The molecule has 0 radical (unpaired) electrons. The smallest absolute Gasteiger partial charge is 0.254 e. The number of nitrogens with one attached hydrogen (secondary N) is 1. The lowest BCUT2D eigenvalue weighted by Gasteiger charge is -2.43. The van der Waals surface area contributed by atoms with Gasteiger partial charge in [0.2, 0.25) is 0 Å². The highest BCUT2D eigenvalue weighted by Crippen LogP contribution is 2.28. The Labute approximate surface area is 147 Å². The summed E-state index contributed by atoms with van der Waals surface area (Å²) in [5.74, 6) is 1.75. The summed E-state index contributed by atoms with van der Waals surface area (Å²) >= 11 is 0. The van der Waals surface area contributed by atoms with Gasteiger partial charge in [0.25, 0.3) is 5.91 Å². The molecule has 0 saturated carbocycles. The molecule has 3 fully saturated rings. The van der Waals surface area contributed by atoms with Gasteiger partial charge in [-0.15, -0.1) is 0 Å². The van der Waals surface area contributed by atoms with Crippen molar-refractivity contribution in [3.05, 3.63) is 0 Å². The summed E-state index contributed by atoms with van der Waals surface area (Å²) in [6.45, 7) is 9.58. The second-order valence-corrected chi connectivity index (χ2v) is 8.19. The fourth-order valence-electron chi connectivity index (χ4n) is 4.63. The van der Waals surface area contributed by atoms with Crippen LogP contribution in [-0.2, 0) is 9.53 Å². The molecule has 3 rings (SSSR count). The van der Waals surface area contributed by atoms with Crippen LogP contribution >= 0.6 is 0 Å². The predicted octanol–water partition coefficient (Wildman–Crippen LogP) is 1.73. The molecule has 1 atom stereocenters. The second-order valence-electron chi connectivity index (χ2n) is 8.19.